The summed E-state index contributed by atoms with van der Waals surface area (Å²) < 4.78 is 0. The number of aromatic amines is 1. The average molecular weight is 197 g/mol. The molecule has 0 radical (unpaired) electrons. The van der Waals surface area contributed by atoms with E-state index in [1.165, 1.54) is 6.20 Å². The second-order valence-electron chi connectivity index (χ2n) is 2.52. The molecule has 0 fully saturated rings. The Hall–Kier alpha value is -1.49. The van der Waals surface area contributed by atoms with Gasteiger partial charge in [-0.2, -0.15) is 0 Å². The van der Waals surface area contributed by atoms with Crippen molar-refractivity contribution >= 4 is 22.6 Å². The van der Waals surface area contributed by atoms with Gasteiger partial charge in [0.15, 0.2) is 5.52 Å². The molecule has 0 saturated heterocycles. The molecule has 0 aliphatic heterocycles. The lowest BCUT2D eigenvalue weighted by Crippen LogP contribution is -2.11. The summed E-state index contributed by atoms with van der Waals surface area (Å²) >= 11 is 5.53. The monoisotopic (exact) mass is 196 g/mol. The molecule has 6 heteroatoms. The van der Waals surface area contributed by atoms with Crippen molar-refractivity contribution in [1.82, 2.24) is 19.9 Å². The molecule has 5 nitrogen and oxygen atoms in total. The van der Waals surface area contributed by atoms with Gasteiger partial charge in [-0.05, 0) is 18.5 Å². The lowest BCUT2D eigenvalue weighted by molar-refractivity contribution is 1.03. The highest BCUT2D eigenvalue weighted by Crippen LogP contribution is 2.05. The van der Waals surface area contributed by atoms with Gasteiger partial charge in [0.05, 0.1) is 6.20 Å². The minimum absolute atomic E-state index is 0.0450. The molecule has 0 aliphatic carbocycles. The fourth-order valence-electron chi connectivity index (χ4n) is 1.03. The van der Waals surface area contributed by atoms with Crippen LogP contribution in [0.5, 0.6) is 0 Å². The summed E-state index contributed by atoms with van der Waals surface area (Å²) in [4.78, 5) is 25.4. The van der Waals surface area contributed by atoms with Gasteiger partial charge in [-0.15, -0.1) is 0 Å². The molecule has 0 spiro atoms. The predicted octanol–water partition coefficient (Wildman–Crippen LogP) is 0.675. The molecule has 2 rings (SSSR count). The number of nitrogens with one attached hydrogen (secondary N) is 1. The fourth-order valence-corrected chi connectivity index (χ4v) is 1.17. The third-order valence-corrected chi connectivity index (χ3v) is 1.72. The Balaban J connectivity index is 2.95. The minimum Gasteiger partial charge on any atom is -0.309 e. The second kappa shape index (κ2) is 2.77. The molecule has 2 heterocycles. The molecule has 0 aromatic carbocycles. The molecular weight excluding hydrogens is 192 g/mol. The van der Waals surface area contributed by atoms with Crippen molar-refractivity contribution in [3.8, 4) is 0 Å². The highest BCUT2D eigenvalue weighted by atomic mass is 35.5. The molecule has 0 atom stereocenters. The topological polar surface area (TPSA) is 71.5 Å². The summed E-state index contributed by atoms with van der Waals surface area (Å²) in [7, 11) is 0. The SMILES string of the molecule is Cc1nc2cnc(Cl)nc2c(=O)[nH]1. The molecule has 0 aliphatic rings. The average Bonchev–Trinajstić information content (AvgIpc) is 2.06. The van der Waals surface area contributed by atoms with Crippen LogP contribution in [0.1, 0.15) is 5.82 Å². The van der Waals surface area contributed by atoms with Gasteiger partial charge in [-0.1, -0.05) is 0 Å². The summed E-state index contributed by atoms with van der Waals surface area (Å²) in [6, 6.07) is 0. The van der Waals surface area contributed by atoms with Crippen molar-refractivity contribution in [1.29, 1.82) is 0 Å². The summed E-state index contributed by atoms with van der Waals surface area (Å²) in [5.74, 6) is 0.531. The van der Waals surface area contributed by atoms with Crippen LogP contribution in [-0.4, -0.2) is 19.9 Å². The number of fused-ring (bicyclic) bond motifs is 1. The Morgan fingerprint density at radius 1 is 1.46 bits per heavy atom. The Kier molecular flexibility index (Phi) is 1.73. The number of rotatable bonds is 0. The van der Waals surface area contributed by atoms with Gasteiger partial charge in [0.25, 0.3) is 5.56 Å². The van der Waals surface area contributed by atoms with E-state index in [2.05, 4.69) is 19.9 Å². The zero-order chi connectivity index (χ0) is 9.42. The number of H-pyrrole nitrogens is 1. The highest BCUT2D eigenvalue weighted by Gasteiger charge is 2.03. The maximum atomic E-state index is 11.3. The number of aromatic nitrogens is 4. The van der Waals surface area contributed by atoms with E-state index in [1.54, 1.807) is 6.92 Å². The van der Waals surface area contributed by atoms with Crippen LogP contribution < -0.4 is 5.56 Å². The first kappa shape index (κ1) is 8.12. The first-order valence-electron chi connectivity index (χ1n) is 3.56. The molecule has 66 valence electrons. The van der Waals surface area contributed by atoms with Gasteiger partial charge >= 0.3 is 0 Å². The van der Waals surface area contributed by atoms with E-state index in [4.69, 9.17) is 11.6 Å². The number of nitrogens with zero attached hydrogens (tertiary/aromatic N) is 3. The first-order chi connectivity index (χ1) is 6.16. The van der Waals surface area contributed by atoms with E-state index in [-0.39, 0.29) is 16.4 Å². The molecule has 0 saturated carbocycles. The Morgan fingerprint density at radius 3 is 3.00 bits per heavy atom. The molecule has 0 amide bonds. The van der Waals surface area contributed by atoms with Gasteiger partial charge in [0.1, 0.15) is 11.3 Å². The molecule has 0 bridgehead atoms. The first-order valence-corrected chi connectivity index (χ1v) is 3.94. The summed E-state index contributed by atoms with van der Waals surface area (Å²) in [6.07, 6.45) is 1.42. The van der Waals surface area contributed by atoms with Crippen LogP contribution in [0, 0.1) is 6.92 Å². The number of halogens is 1. The zero-order valence-electron chi connectivity index (χ0n) is 6.71. The third kappa shape index (κ3) is 1.38. The lowest BCUT2D eigenvalue weighted by Gasteiger charge is -1.96. The number of hydrogen-bond donors (Lipinski definition) is 1. The van der Waals surface area contributed by atoms with Crippen LogP contribution in [0.4, 0.5) is 0 Å². The van der Waals surface area contributed by atoms with E-state index < -0.39 is 0 Å². The van der Waals surface area contributed by atoms with E-state index in [0.29, 0.717) is 11.3 Å². The predicted molar refractivity (Wildman–Crippen MR) is 47.7 cm³/mol. The Morgan fingerprint density at radius 2 is 2.23 bits per heavy atom. The van der Waals surface area contributed by atoms with Crippen LogP contribution in [0.25, 0.3) is 11.0 Å². The van der Waals surface area contributed by atoms with E-state index in [0.717, 1.165) is 0 Å². The maximum Gasteiger partial charge on any atom is 0.277 e. The minimum atomic E-state index is -0.299. The molecule has 1 N–H and O–H groups in total. The molecule has 2 aromatic heterocycles. The Bertz CT molecular complexity index is 521. The van der Waals surface area contributed by atoms with E-state index in [9.17, 15) is 4.79 Å². The molecule has 13 heavy (non-hydrogen) atoms. The van der Waals surface area contributed by atoms with Gasteiger partial charge < -0.3 is 4.98 Å². The zero-order valence-corrected chi connectivity index (χ0v) is 7.46. The van der Waals surface area contributed by atoms with Crippen LogP contribution in [-0.2, 0) is 0 Å². The quantitative estimate of drug-likeness (QED) is 0.629. The third-order valence-electron chi connectivity index (χ3n) is 1.54. The highest BCUT2D eigenvalue weighted by molar-refractivity contribution is 6.28. The van der Waals surface area contributed by atoms with Crippen molar-refractivity contribution in [3.05, 3.63) is 27.7 Å². The van der Waals surface area contributed by atoms with Gasteiger partial charge in [-0.25, -0.2) is 15.0 Å². The van der Waals surface area contributed by atoms with Crippen molar-refractivity contribution < 1.29 is 0 Å². The molecule has 0 unspecified atom stereocenters. The fraction of sp³-hybridized carbons (Fsp3) is 0.143. The van der Waals surface area contributed by atoms with Gasteiger partial charge in [0, 0.05) is 0 Å². The normalized spacial score (nSPS) is 10.6. The van der Waals surface area contributed by atoms with Crippen LogP contribution in [0.2, 0.25) is 5.28 Å². The maximum absolute atomic E-state index is 11.3. The lowest BCUT2D eigenvalue weighted by atomic mass is 10.4. The van der Waals surface area contributed by atoms with Crippen molar-refractivity contribution in [2.24, 2.45) is 0 Å². The summed E-state index contributed by atoms with van der Waals surface area (Å²) in [6.45, 7) is 1.69. The van der Waals surface area contributed by atoms with Crippen molar-refractivity contribution in [2.75, 3.05) is 0 Å². The number of aryl methyl sites for hydroxylation is 1. The largest absolute Gasteiger partial charge is 0.309 e. The van der Waals surface area contributed by atoms with Crippen LogP contribution >= 0.6 is 11.6 Å². The van der Waals surface area contributed by atoms with E-state index in [1.807, 2.05) is 0 Å². The number of hydrogen-bond acceptors (Lipinski definition) is 4. The van der Waals surface area contributed by atoms with E-state index >= 15 is 0 Å². The Labute approximate surface area is 77.8 Å². The second-order valence-corrected chi connectivity index (χ2v) is 2.86. The van der Waals surface area contributed by atoms with Crippen molar-refractivity contribution in [3.63, 3.8) is 0 Å². The van der Waals surface area contributed by atoms with Crippen molar-refractivity contribution in [2.45, 2.75) is 6.92 Å². The smallest absolute Gasteiger partial charge is 0.277 e. The molecule has 2 aromatic rings. The van der Waals surface area contributed by atoms with Gasteiger partial charge in [-0.3, -0.25) is 4.79 Å². The van der Waals surface area contributed by atoms with Crippen LogP contribution in [0.15, 0.2) is 11.0 Å². The van der Waals surface area contributed by atoms with Gasteiger partial charge in [0.2, 0.25) is 5.28 Å². The summed E-state index contributed by atoms with van der Waals surface area (Å²) in [5, 5.41) is 0.0450. The molecular formula is C7H5ClN4O. The standard InChI is InChI=1S/C7H5ClN4O/c1-3-10-4-2-9-7(8)12-5(4)6(13)11-3/h2H,1H3,(H,10,11,13). The summed E-state index contributed by atoms with van der Waals surface area (Å²) in [5.41, 5.74) is 0.364. The van der Waals surface area contributed by atoms with Crippen LogP contribution in [0.3, 0.4) is 0 Å².